The maximum atomic E-state index is 5.11. The summed E-state index contributed by atoms with van der Waals surface area (Å²) in [6, 6.07) is 6.86. The van der Waals surface area contributed by atoms with Crippen LogP contribution in [0.1, 0.15) is 37.5 Å². The highest BCUT2D eigenvalue weighted by Gasteiger charge is 2.14. The summed E-state index contributed by atoms with van der Waals surface area (Å²) in [4.78, 5) is 2.19. The van der Waals surface area contributed by atoms with Gasteiger partial charge in [0, 0.05) is 13.7 Å². The zero-order valence-corrected chi connectivity index (χ0v) is 12.7. The number of likely N-dealkylation sites (N-methyl/N-ethyl adjacent to an activating group) is 1. The molecule has 0 atom stereocenters. The average Bonchev–Trinajstić information content (AvgIpc) is 2.26. The van der Waals surface area contributed by atoms with Gasteiger partial charge in [-0.1, -0.05) is 39.0 Å². The molecule has 0 aliphatic carbocycles. The van der Waals surface area contributed by atoms with Gasteiger partial charge in [0.05, 0.1) is 6.73 Å². The smallest absolute Gasteiger partial charge is 0.0984 e. The fourth-order valence-electron chi connectivity index (χ4n) is 2.04. The van der Waals surface area contributed by atoms with Crippen molar-refractivity contribution in [1.82, 2.24) is 4.90 Å². The molecule has 0 unspecified atom stereocenters. The molecular weight excluding hydrogens is 222 g/mol. The quantitative estimate of drug-likeness (QED) is 0.742. The van der Waals surface area contributed by atoms with E-state index in [1.807, 2.05) is 0 Å². The van der Waals surface area contributed by atoms with Gasteiger partial charge in [-0.05, 0) is 42.5 Å². The number of rotatable bonds is 5. The highest BCUT2D eigenvalue weighted by molar-refractivity contribution is 5.34. The van der Waals surface area contributed by atoms with E-state index in [4.69, 9.17) is 4.74 Å². The first-order valence-electron chi connectivity index (χ1n) is 6.62. The minimum atomic E-state index is 0.232. The zero-order valence-electron chi connectivity index (χ0n) is 12.7. The Morgan fingerprint density at radius 1 is 1.22 bits per heavy atom. The number of nitrogens with zero attached hydrogens (tertiary/aromatic N) is 1. The van der Waals surface area contributed by atoms with Crippen molar-refractivity contribution in [3.05, 3.63) is 34.9 Å². The van der Waals surface area contributed by atoms with Gasteiger partial charge in [0.2, 0.25) is 0 Å². The van der Waals surface area contributed by atoms with Crippen molar-refractivity contribution in [2.75, 3.05) is 27.4 Å². The van der Waals surface area contributed by atoms with E-state index in [9.17, 15) is 0 Å². The van der Waals surface area contributed by atoms with Crippen LogP contribution in [0, 0.1) is 6.92 Å². The molecule has 0 saturated carbocycles. The van der Waals surface area contributed by atoms with Gasteiger partial charge in [-0.25, -0.2) is 0 Å². The summed E-state index contributed by atoms with van der Waals surface area (Å²) >= 11 is 0. The standard InChI is InChI=1S/C16H27NO/c1-13-11-15(16(2,3)4)8-7-14(13)9-10-17(5)12-18-6/h7-8,11H,9-10,12H2,1-6H3. The Labute approximate surface area is 112 Å². The Morgan fingerprint density at radius 3 is 2.39 bits per heavy atom. The number of methoxy groups -OCH3 is 1. The molecule has 0 aliphatic rings. The summed E-state index contributed by atoms with van der Waals surface area (Å²) in [5.41, 5.74) is 4.48. The maximum absolute atomic E-state index is 5.11. The molecular formula is C16H27NO. The van der Waals surface area contributed by atoms with Crippen LogP contribution in [0.3, 0.4) is 0 Å². The summed E-state index contributed by atoms with van der Waals surface area (Å²) in [6.07, 6.45) is 1.08. The topological polar surface area (TPSA) is 12.5 Å². The summed E-state index contributed by atoms with van der Waals surface area (Å²) in [6.45, 7) is 10.7. The van der Waals surface area contributed by atoms with Crippen molar-refractivity contribution < 1.29 is 4.74 Å². The third-order valence-corrected chi connectivity index (χ3v) is 3.32. The van der Waals surface area contributed by atoms with Crippen LogP contribution in [-0.2, 0) is 16.6 Å². The van der Waals surface area contributed by atoms with Crippen molar-refractivity contribution in [3.8, 4) is 0 Å². The Kier molecular flexibility index (Phi) is 5.36. The van der Waals surface area contributed by atoms with Gasteiger partial charge in [0.25, 0.3) is 0 Å². The summed E-state index contributed by atoms with van der Waals surface area (Å²) in [5, 5.41) is 0. The Balaban J connectivity index is 2.69. The molecule has 0 radical (unpaired) electrons. The van der Waals surface area contributed by atoms with Crippen LogP contribution in [-0.4, -0.2) is 32.3 Å². The second-order valence-corrected chi connectivity index (χ2v) is 6.14. The molecule has 102 valence electrons. The molecule has 0 N–H and O–H groups in total. The van der Waals surface area contributed by atoms with Gasteiger partial charge in [0.1, 0.15) is 0 Å². The highest BCUT2D eigenvalue weighted by Crippen LogP contribution is 2.24. The number of aryl methyl sites for hydroxylation is 1. The number of benzene rings is 1. The number of hydrogen-bond donors (Lipinski definition) is 0. The van der Waals surface area contributed by atoms with Crippen LogP contribution in [0.15, 0.2) is 18.2 Å². The van der Waals surface area contributed by atoms with Crippen molar-refractivity contribution in [1.29, 1.82) is 0 Å². The minimum Gasteiger partial charge on any atom is -0.369 e. The molecule has 2 heteroatoms. The Morgan fingerprint density at radius 2 is 1.89 bits per heavy atom. The molecule has 1 rings (SSSR count). The van der Waals surface area contributed by atoms with Crippen LogP contribution in [0.2, 0.25) is 0 Å². The van der Waals surface area contributed by atoms with Crippen LogP contribution in [0.5, 0.6) is 0 Å². The lowest BCUT2D eigenvalue weighted by Gasteiger charge is -2.21. The SMILES string of the molecule is COCN(C)CCc1ccc(C(C)(C)C)cc1C. The number of hydrogen-bond acceptors (Lipinski definition) is 2. The van der Waals surface area contributed by atoms with Gasteiger partial charge in [-0.2, -0.15) is 0 Å². The van der Waals surface area contributed by atoms with Crippen LogP contribution in [0.4, 0.5) is 0 Å². The second-order valence-electron chi connectivity index (χ2n) is 6.14. The van der Waals surface area contributed by atoms with E-state index in [2.05, 4.69) is 57.8 Å². The van der Waals surface area contributed by atoms with Crippen molar-refractivity contribution in [3.63, 3.8) is 0 Å². The Bertz CT molecular complexity index is 379. The van der Waals surface area contributed by atoms with E-state index in [0.717, 1.165) is 13.0 Å². The largest absolute Gasteiger partial charge is 0.369 e. The third-order valence-electron chi connectivity index (χ3n) is 3.32. The molecule has 0 spiro atoms. The van der Waals surface area contributed by atoms with Gasteiger partial charge >= 0.3 is 0 Å². The summed E-state index contributed by atoms with van der Waals surface area (Å²) < 4.78 is 5.11. The normalized spacial score (nSPS) is 12.2. The average molecular weight is 249 g/mol. The van der Waals surface area contributed by atoms with Crippen LogP contribution < -0.4 is 0 Å². The monoisotopic (exact) mass is 249 g/mol. The first-order chi connectivity index (χ1) is 8.34. The van der Waals surface area contributed by atoms with E-state index >= 15 is 0 Å². The molecule has 0 saturated heterocycles. The van der Waals surface area contributed by atoms with E-state index < -0.39 is 0 Å². The van der Waals surface area contributed by atoms with Gasteiger partial charge in [0.15, 0.2) is 0 Å². The Hall–Kier alpha value is -0.860. The van der Waals surface area contributed by atoms with Crippen molar-refractivity contribution >= 4 is 0 Å². The molecule has 0 fully saturated rings. The highest BCUT2D eigenvalue weighted by atomic mass is 16.5. The first kappa shape index (κ1) is 15.2. The van der Waals surface area contributed by atoms with E-state index in [1.165, 1.54) is 16.7 Å². The third kappa shape index (κ3) is 4.43. The molecule has 0 bridgehead atoms. The lowest BCUT2D eigenvalue weighted by molar-refractivity contribution is 0.0827. The number of ether oxygens (including phenoxy) is 1. The molecule has 2 nitrogen and oxygen atoms in total. The molecule has 0 heterocycles. The van der Waals surface area contributed by atoms with Gasteiger partial charge < -0.3 is 4.74 Å². The zero-order chi connectivity index (χ0) is 13.8. The van der Waals surface area contributed by atoms with Crippen molar-refractivity contribution in [2.24, 2.45) is 0 Å². The summed E-state index contributed by atoms with van der Waals surface area (Å²) in [7, 11) is 3.82. The molecule has 1 aromatic rings. The molecule has 0 aliphatic heterocycles. The molecule has 0 aromatic heterocycles. The minimum absolute atomic E-state index is 0.232. The second kappa shape index (κ2) is 6.35. The fourth-order valence-corrected chi connectivity index (χ4v) is 2.04. The predicted molar refractivity (Wildman–Crippen MR) is 78.1 cm³/mol. The van der Waals surface area contributed by atoms with E-state index in [0.29, 0.717) is 6.73 Å². The fraction of sp³-hybridized carbons (Fsp3) is 0.625. The first-order valence-corrected chi connectivity index (χ1v) is 6.62. The van der Waals surface area contributed by atoms with Gasteiger partial charge in [-0.15, -0.1) is 0 Å². The lowest BCUT2D eigenvalue weighted by Crippen LogP contribution is -2.23. The van der Waals surface area contributed by atoms with Crippen molar-refractivity contribution in [2.45, 2.75) is 39.5 Å². The molecule has 18 heavy (non-hydrogen) atoms. The predicted octanol–water partition coefficient (Wildman–Crippen LogP) is 3.37. The van der Waals surface area contributed by atoms with Crippen LogP contribution >= 0.6 is 0 Å². The molecule has 1 aromatic carbocycles. The van der Waals surface area contributed by atoms with E-state index in [1.54, 1.807) is 7.11 Å². The van der Waals surface area contributed by atoms with E-state index in [-0.39, 0.29) is 5.41 Å². The van der Waals surface area contributed by atoms with Gasteiger partial charge in [-0.3, -0.25) is 4.90 Å². The van der Waals surface area contributed by atoms with Crippen LogP contribution in [0.25, 0.3) is 0 Å². The summed E-state index contributed by atoms with van der Waals surface area (Å²) in [5.74, 6) is 0. The maximum Gasteiger partial charge on any atom is 0.0984 e. The lowest BCUT2D eigenvalue weighted by atomic mass is 9.85. The molecule has 0 amide bonds.